The van der Waals surface area contributed by atoms with Crippen LogP contribution in [0.3, 0.4) is 0 Å². The number of carbonyl (C=O) groups is 1. The number of carbonyl (C=O) groups excluding carboxylic acids is 1. The molecule has 0 saturated carbocycles. The van der Waals surface area contributed by atoms with Crippen LogP contribution in [0.15, 0.2) is 23.3 Å². The van der Waals surface area contributed by atoms with Crippen LogP contribution in [0.4, 0.5) is 5.82 Å². The first-order chi connectivity index (χ1) is 11.4. The third-order valence-electron chi connectivity index (χ3n) is 3.34. The number of anilines is 1. The molecule has 0 aliphatic heterocycles. The maximum Gasteiger partial charge on any atom is 0.227 e. The van der Waals surface area contributed by atoms with E-state index in [1.165, 1.54) is 0 Å². The number of rotatable bonds is 8. The molecule has 0 bridgehead atoms. The van der Waals surface area contributed by atoms with Gasteiger partial charge in [0.05, 0.1) is 12.1 Å². The number of ether oxygens (including phenoxy) is 1. The van der Waals surface area contributed by atoms with Gasteiger partial charge in [-0.2, -0.15) is 0 Å². The molecule has 0 fully saturated rings. The number of pyridine rings is 1. The van der Waals surface area contributed by atoms with Gasteiger partial charge in [0.1, 0.15) is 5.82 Å². The quantitative estimate of drug-likeness (QED) is 0.497. The first-order valence-electron chi connectivity index (χ1n) is 8.16. The highest BCUT2D eigenvalue weighted by Crippen LogP contribution is 2.07. The van der Waals surface area contributed by atoms with Gasteiger partial charge in [-0.05, 0) is 39.3 Å². The molecule has 1 amide bonds. The number of nitrogens with zero attached hydrogens (tertiary/aromatic N) is 2. The molecule has 7 heteroatoms. The lowest BCUT2D eigenvalue weighted by atomic mass is 10.1. The minimum Gasteiger partial charge on any atom is -0.377 e. The Bertz CT molecular complexity index is 540. The van der Waals surface area contributed by atoms with Crippen molar-refractivity contribution in [2.24, 2.45) is 4.99 Å². The van der Waals surface area contributed by atoms with Gasteiger partial charge in [-0.15, -0.1) is 0 Å². The van der Waals surface area contributed by atoms with E-state index in [4.69, 9.17) is 4.74 Å². The summed E-state index contributed by atoms with van der Waals surface area (Å²) in [7, 11) is 1.67. The molecule has 0 saturated heterocycles. The fourth-order valence-electron chi connectivity index (χ4n) is 1.72. The molecule has 134 valence electrons. The predicted molar refractivity (Wildman–Crippen MR) is 97.3 cm³/mol. The van der Waals surface area contributed by atoms with Crippen LogP contribution < -0.4 is 16.0 Å². The van der Waals surface area contributed by atoms with Crippen LogP contribution in [0.25, 0.3) is 0 Å². The van der Waals surface area contributed by atoms with Gasteiger partial charge >= 0.3 is 0 Å². The van der Waals surface area contributed by atoms with E-state index in [9.17, 15) is 4.79 Å². The molecule has 0 unspecified atom stereocenters. The van der Waals surface area contributed by atoms with Gasteiger partial charge in [-0.25, -0.2) is 4.98 Å². The lowest BCUT2D eigenvalue weighted by molar-refractivity contribution is -0.116. The topological polar surface area (TPSA) is 87.6 Å². The summed E-state index contributed by atoms with van der Waals surface area (Å²) in [5.41, 5.74) is 0.733. The minimum atomic E-state index is -0.323. The number of nitrogens with one attached hydrogen (secondary N) is 3. The number of aliphatic imine (C=N–C) groups is 1. The standard InChI is InChI=1S/C17H29N5O2/c1-6-18-16(21-12-17(3,4)24-5)19-10-9-15(23)22-14-8-7-13(2)11-20-14/h7-8,11H,6,9-10,12H2,1-5H3,(H2,18,19,21)(H,20,22,23). The SMILES string of the molecule is CCNC(=NCC(C)(C)OC)NCCC(=O)Nc1ccc(C)cn1. The average Bonchev–Trinajstić information content (AvgIpc) is 2.55. The second kappa shape index (κ2) is 9.87. The van der Waals surface area contributed by atoms with Crippen LogP contribution in [0, 0.1) is 6.92 Å². The lowest BCUT2D eigenvalue weighted by Crippen LogP contribution is -2.40. The number of aromatic nitrogens is 1. The van der Waals surface area contributed by atoms with Crippen LogP contribution in [-0.2, 0) is 9.53 Å². The summed E-state index contributed by atoms with van der Waals surface area (Å²) in [6.07, 6.45) is 2.05. The maximum absolute atomic E-state index is 11.9. The first kappa shape index (κ1) is 19.9. The van der Waals surface area contributed by atoms with Gasteiger partial charge in [0.2, 0.25) is 5.91 Å². The van der Waals surface area contributed by atoms with Crippen molar-refractivity contribution < 1.29 is 9.53 Å². The summed E-state index contributed by atoms with van der Waals surface area (Å²) in [6.45, 7) is 9.65. The maximum atomic E-state index is 11.9. The molecule has 24 heavy (non-hydrogen) atoms. The van der Waals surface area contributed by atoms with Crippen molar-refractivity contribution >= 4 is 17.7 Å². The van der Waals surface area contributed by atoms with E-state index >= 15 is 0 Å². The van der Waals surface area contributed by atoms with E-state index in [0.717, 1.165) is 12.1 Å². The van der Waals surface area contributed by atoms with Gasteiger partial charge in [-0.1, -0.05) is 6.07 Å². The number of methoxy groups -OCH3 is 1. The second-order valence-corrected chi connectivity index (χ2v) is 6.10. The Kier molecular flexibility index (Phi) is 8.18. The highest BCUT2D eigenvalue weighted by molar-refractivity contribution is 5.90. The molecule has 0 atom stereocenters. The van der Waals surface area contributed by atoms with Crippen LogP contribution in [0.1, 0.15) is 32.8 Å². The largest absolute Gasteiger partial charge is 0.377 e. The summed E-state index contributed by atoms with van der Waals surface area (Å²) in [6, 6.07) is 3.70. The van der Waals surface area contributed by atoms with Crippen molar-refractivity contribution in [3.8, 4) is 0 Å². The Morgan fingerprint density at radius 1 is 1.33 bits per heavy atom. The highest BCUT2D eigenvalue weighted by atomic mass is 16.5. The van der Waals surface area contributed by atoms with Crippen molar-refractivity contribution in [1.29, 1.82) is 0 Å². The second-order valence-electron chi connectivity index (χ2n) is 6.10. The zero-order valence-corrected chi connectivity index (χ0v) is 15.3. The Labute approximate surface area is 144 Å². The van der Waals surface area contributed by atoms with Crippen molar-refractivity contribution in [2.45, 2.75) is 39.7 Å². The molecule has 0 aromatic carbocycles. The van der Waals surface area contributed by atoms with Crippen LogP contribution in [0.5, 0.6) is 0 Å². The summed E-state index contributed by atoms with van der Waals surface area (Å²) in [4.78, 5) is 20.6. The summed E-state index contributed by atoms with van der Waals surface area (Å²) in [5.74, 6) is 1.14. The van der Waals surface area contributed by atoms with Crippen LogP contribution in [0.2, 0.25) is 0 Å². The Morgan fingerprint density at radius 2 is 2.08 bits per heavy atom. The molecule has 0 aliphatic rings. The number of amides is 1. The minimum absolute atomic E-state index is 0.0908. The molecule has 0 radical (unpaired) electrons. The number of aryl methyl sites for hydroxylation is 1. The molecule has 3 N–H and O–H groups in total. The third-order valence-corrected chi connectivity index (χ3v) is 3.34. The summed E-state index contributed by atoms with van der Waals surface area (Å²) >= 11 is 0. The summed E-state index contributed by atoms with van der Waals surface area (Å²) < 4.78 is 5.35. The van der Waals surface area contributed by atoms with Crippen LogP contribution >= 0.6 is 0 Å². The fourth-order valence-corrected chi connectivity index (χ4v) is 1.72. The van der Waals surface area contributed by atoms with E-state index in [1.54, 1.807) is 19.4 Å². The number of hydrogen-bond acceptors (Lipinski definition) is 4. The van der Waals surface area contributed by atoms with Gasteiger partial charge in [0.25, 0.3) is 0 Å². The van der Waals surface area contributed by atoms with Crippen molar-refractivity contribution in [3.05, 3.63) is 23.9 Å². The highest BCUT2D eigenvalue weighted by Gasteiger charge is 2.15. The van der Waals surface area contributed by atoms with Crippen molar-refractivity contribution in [1.82, 2.24) is 15.6 Å². The monoisotopic (exact) mass is 335 g/mol. The molecule has 7 nitrogen and oxygen atoms in total. The number of hydrogen-bond donors (Lipinski definition) is 3. The van der Waals surface area contributed by atoms with Gasteiger partial charge in [-0.3, -0.25) is 9.79 Å². The lowest BCUT2D eigenvalue weighted by Gasteiger charge is -2.21. The average molecular weight is 335 g/mol. The summed E-state index contributed by atoms with van der Waals surface area (Å²) in [5, 5.41) is 9.06. The Morgan fingerprint density at radius 3 is 2.67 bits per heavy atom. The molecule has 1 aromatic heterocycles. The van der Waals surface area contributed by atoms with Crippen molar-refractivity contribution in [2.75, 3.05) is 32.1 Å². The molecule has 1 aromatic rings. The molecular weight excluding hydrogens is 306 g/mol. The van der Waals surface area contributed by atoms with Gasteiger partial charge in [0, 0.05) is 32.8 Å². The number of guanidine groups is 1. The zero-order chi connectivity index (χ0) is 18.0. The molecule has 1 rings (SSSR count). The van der Waals surface area contributed by atoms with E-state index in [1.807, 2.05) is 33.8 Å². The zero-order valence-electron chi connectivity index (χ0n) is 15.3. The molecule has 0 spiro atoms. The van der Waals surface area contributed by atoms with Crippen molar-refractivity contribution in [3.63, 3.8) is 0 Å². The van der Waals surface area contributed by atoms with Gasteiger partial charge < -0.3 is 20.7 Å². The predicted octanol–water partition coefficient (Wildman–Crippen LogP) is 1.70. The Balaban J connectivity index is 2.42. The normalized spacial score (nSPS) is 12.0. The smallest absolute Gasteiger partial charge is 0.227 e. The third kappa shape index (κ3) is 7.92. The van der Waals surface area contributed by atoms with E-state index in [2.05, 4.69) is 25.9 Å². The fraction of sp³-hybridized carbons (Fsp3) is 0.588. The van der Waals surface area contributed by atoms with Crippen LogP contribution in [-0.4, -0.2) is 49.2 Å². The Hall–Kier alpha value is -2.15. The van der Waals surface area contributed by atoms with E-state index in [0.29, 0.717) is 31.3 Å². The molecular formula is C17H29N5O2. The first-order valence-corrected chi connectivity index (χ1v) is 8.16. The van der Waals surface area contributed by atoms with E-state index in [-0.39, 0.29) is 11.5 Å². The van der Waals surface area contributed by atoms with E-state index < -0.39 is 0 Å². The molecule has 0 aliphatic carbocycles. The van der Waals surface area contributed by atoms with Gasteiger partial charge in [0.15, 0.2) is 5.96 Å². The molecule has 1 heterocycles.